The van der Waals surface area contributed by atoms with E-state index in [9.17, 15) is 18.4 Å². The molecule has 34 heavy (non-hydrogen) atoms. The van der Waals surface area contributed by atoms with Gasteiger partial charge in [-0.25, -0.2) is 0 Å². The van der Waals surface area contributed by atoms with Crippen molar-refractivity contribution in [2.45, 2.75) is 59.4 Å². The van der Waals surface area contributed by atoms with Crippen molar-refractivity contribution in [2.24, 2.45) is 5.92 Å². The summed E-state index contributed by atoms with van der Waals surface area (Å²) in [5.74, 6) is 0.121. The topological polar surface area (TPSA) is 59.1 Å². The third-order valence-electron chi connectivity index (χ3n) is 5.76. The Morgan fingerprint density at radius 1 is 1.12 bits per heavy atom. The Balaban J connectivity index is 1.81. The number of nitrogens with zero attached hydrogens (tertiary/aromatic N) is 2. The molecule has 1 aliphatic heterocycles. The highest BCUT2D eigenvalue weighted by atomic mass is 19.3. The van der Waals surface area contributed by atoms with E-state index in [1.54, 1.807) is 35.9 Å². The van der Waals surface area contributed by atoms with Crippen LogP contribution in [0.25, 0.3) is 0 Å². The number of hydrogen-bond donors (Lipinski definition) is 0. The molecule has 0 bridgehead atoms. The molecule has 0 N–H and O–H groups in total. The molecule has 0 fully saturated rings. The number of ether oxygens (including phenoxy) is 2. The van der Waals surface area contributed by atoms with Gasteiger partial charge in [-0.05, 0) is 41.7 Å². The first-order valence-corrected chi connectivity index (χ1v) is 11.5. The molecule has 0 aliphatic carbocycles. The minimum atomic E-state index is -2.96. The maximum absolute atomic E-state index is 13.5. The Morgan fingerprint density at radius 3 is 2.47 bits per heavy atom. The fraction of sp³-hybridized carbons (Fsp3) is 0.462. The number of halogens is 2. The molecule has 2 amide bonds. The first-order valence-electron chi connectivity index (χ1n) is 11.5. The van der Waals surface area contributed by atoms with E-state index in [4.69, 9.17) is 4.74 Å². The molecule has 0 spiro atoms. The fourth-order valence-corrected chi connectivity index (χ4v) is 4.19. The molecule has 184 valence electrons. The molecule has 0 saturated carbocycles. The molecular weight excluding hydrogens is 442 g/mol. The Kier molecular flexibility index (Phi) is 8.47. The van der Waals surface area contributed by atoms with E-state index in [0.29, 0.717) is 24.9 Å². The molecule has 6 nitrogen and oxygen atoms in total. The second-order valence-electron chi connectivity index (χ2n) is 8.90. The second-order valence-corrected chi connectivity index (χ2v) is 8.90. The number of rotatable bonds is 9. The van der Waals surface area contributed by atoms with E-state index in [1.807, 2.05) is 38.1 Å². The summed E-state index contributed by atoms with van der Waals surface area (Å²) in [5.41, 5.74) is 2.83. The van der Waals surface area contributed by atoms with E-state index in [0.717, 1.165) is 11.1 Å². The quantitative estimate of drug-likeness (QED) is 0.531. The van der Waals surface area contributed by atoms with Gasteiger partial charge in [0.05, 0.1) is 6.61 Å². The van der Waals surface area contributed by atoms with Crippen LogP contribution in [-0.4, -0.2) is 47.9 Å². The summed E-state index contributed by atoms with van der Waals surface area (Å²) in [6.45, 7) is 3.67. The van der Waals surface area contributed by atoms with E-state index in [2.05, 4.69) is 4.74 Å². The zero-order chi connectivity index (χ0) is 24.8. The van der Waals surface area contributed by atoms with E-state index in [-0.39, 0.29) is 42.4 Å². The van der Waals surface area contributed by atoms with Crippen LogP contribution >= 0.6 is 0 Å². The van der Waals surface area contributed by atoms with E-state index >= 15 is 0 Å². The summed E-state index contributed by atoms with van der Waals surface area (Å²) in [5, 5.41) is 0. The van der Waals surface area contributed by atoms with Crippen molar-refractivity contribution in [3.63, 3.8) is 0 Å². The number of carbonyl (C=O) groups excluding carboxylic acids is 2. The van der Waals surface area contributed by atoms with Crippen LogP contribution in [0.4, 0.5) is 8.78 Å². The number of amides is 2. The molecule has 0 aromatic heterocycles. The van der Waals surface area contributed by atoms with Gasteiger partial charge in [0.1, 0.15) is 6.04 Å². The molecule has 8 heteroatoms. The summed E-state index contributed by atoms with van der Waals surface area (Å²) in [7, 11) is 1.68. The van der Waals surface area contributed by atoms with Crippen molar-refractivity contribution in [1.29, 1.82) is 0 Å². The SMILES string of the molecule is CCOc1cc(CN(C)C(=O)C2Cc3ccccc3CN2C(=O)CC(C)C)ccc1OC(F)F. The summed E-state index contributed by atoms with van der Waals surface area (Å²) in [6.07, 6.45) is 0.827. The van der Waals surface area contributed by atoms with Crippen LogP contribution in [0.5, 0.6) is 11.5 Å². The number of likely N-dealkylation sites (N-methyl/N-ethyl adjacent to an activating group) is 1. The van der Waals surface area contributed by atoms with Crippen LogP contribution in [0.2, 0.25) is 0 Å². The summed E-state index contributed by atoms with van der Waals surface area (Å²) >= 11 is 0. The number of benzene rings is 2. The van der Waals surface area contributed by atoms with Crippen LogP contribution in [0.15, 0.2) is 42.5 Å². The highest BCUT2D eigenvalue weighted by Crippen LogP contribution is 2.31. The first-order chi connectivity index (χ1) is 16.2. The number of fused-ring (bicyclic) bond motifs is 1. The van der Waals surface area contributed by atoms with Crippen molar-refractivity contribution >= 4 is 11.8 Å². The highest BCUT2D eigenvalue weighted by Gasteiger charge is 2.36. The van der Waals surface area contributed by atoms with Gasteiger partial charge in [0.15, 0.2) is 11.5 Å². The standard InChI is InChI=1S/C26H32F2N2O4/c1-5-33-23-13-18(10-11-22(23)34-26(27)28)15-29(4)25(32)21-14-19-8-6-7-9-20(19)16-30(21)24(31)12-17(2)3/h6-11,13,17,21,26H,5,12,14-16H2,1-4H3. The van der Waals surface area contributed by atoms with Crippen molar-refractivity contribution in [2.75, 3.05) is 13.7 Å². The maximum atomic E-state index is 13.5. The first kappa shape index (κ1) is 25.5. The molecule has 1 heterocycles. The fourth-order valence-electron chi connectivity index (χ4n) is 4.19. The van der Waals surface area contributed by atoms with Gasteiger partial charge in [0.2, 0.25) is 11.8 Å². The second kappa shape index (κ2) is 11.3. The molecule has 1 atom stereocenters. The van der Waals surface area contributed by atoms with Crippen LogP contribution < -0.4 is 9.47 Å². The third-order valence-corrected chi connectivity index (χ3v) is 5.76. The Morgan fingerprint density at radius 2 is 1.82 bits per heavy atom. The molecule has 3 rings (SSSR count). The van der Waals surface area contributed by atoms with Crippen LogP contribution in [0, 0.1) is 5.92 Å². The van der Waals surface area contributed by atoms with E-state index < -0.39 is 12.7 Å². The third kappa shape index (κ3) is 6.24. The van der Waals surface area contributed by atoms with Gasteiger partial charge in [0.25, 0.3) is 0 Å². The Bertz CT molecular complexity index is 1010. The van der Waals surface area contributed by atoms with Crippen molar-refractivity contribution in [1.82, 2.24) is 9.80 Å². The van der Waals surface area contributed by atoms with Gasteiger partial charge in [-0.1, -0.05) is 44.2 Å². The smallest absolute Gasteiger partial charge is 0.387 e. The number of hydrogen-bond acceptors (Lipinski definition) is 4. The van der Waals surface area contributed by atoms with E-state index in [1.165, 1.54) is 6.07 Å². The van der Waals surface area contributed by atoms with Gasteiger partial charge in [-0.15, -0.1) is 0 Å². The Hall–Kier alpha value is -3.16. The molecular formula is C26H32F2N2O4. The molecule has 2 aromatic rings. The highest BCUT2D eigenvalue weighted by molar-refractivity contribution is 5.88. The Labute approximate surface area is 199 Å². The summed E-state index contributed by atoms with van der Waals surface area (Å²) in [4.78, 5) is 29.8. The average molecular weight is 475 g/mol. The zero-order valence-corrected chi connectivity index (χ0v) is 20.1. The lowest BCUT2D eigenvalue weighted by atomic mass is 9.92. The van der Waals surface area contributed by atoms with Crippen molar-refractivity contribution in [3.8, 4) is 11.5 Å². The minimum absolute atomic E-state index is 0.0385. The summed E-state index contributed by atoms with van der Waals surface area (Å²) in [6, 6.07) is 11.9. The predicted molar refractivity (Wildman–Crippen MR) is 125 cm³/mol. The van der Waals surface area contributed by atoms with Gasteiger partial charge in [-0.3, -0.25) is 9.59 Å². The van der Waals surface area contributed by atoms with Crippen LogP contribution in [0.1, 0.15) is 43.9 Å². The number of carbonyl (C=O) groups is 2. The van der Waals surface area contributed by atoms with Gasteiger partial charge >= 0.3 is 6.61 Å². The maximum Gasteiger partial charge on any atom is 0.387 e. The monoisotopic (exact) mass is 474 g/mol. The molecule has 0 saturated heterocycles. The van der Waals surface area contributed by atoms with Crippen molar-refractivity contribution < 1.29 is 27.8 Å². The summed E-state index contributed by atoms with van der Waals surface area (Å²) < 4.78 is 35.3. The van der Waals surface area contributed by atoms with Gasteiger partial charge in [0, 0.05) is 33.0 Å². The minimum Gasteiger partial charge on any atom is -0.490 e. The van der Waals surface area contributed by atoms with Gasteiger partial charge < -0.3 is 19.3 Å². The number of alkyl halides is 2. The largest absolute Gasteiger partial charge is 0.490 e. The molecule has 1 unspecified atom stereocenters. The van der Waals surface area contributed by atoms with Gasteiger partial charge in [-0.2, -0.15) is 8.78 Å². The normalized spacial score (nSPS) is 15.3. The van der Waals surface area contributed by atoms with Crippen LogP contribution in [-0.2, 0) is 29.1 Å². The van der Waals surface area contributed by atoms with Crippen molar-refractivity contribution in [3.05, 3.63) is 59.2 Å². The predicted octanol–water partition coefficient (Wildman–Crippen LogP) is 4.64. The zero-order valence-electron chi connectivity index (χ0n) is 20.1. The van der Waals surface area contributed by atoms with Crippen LogP contribution in [0.3, 0.4) is 0 Å². The lowest BCUT2D eigenvalue weighted by Crippen LogP contribution is -2.52. The molecule has 1 aliphatic rings. The molecule has 0 radical (unpaired) electrons. The lowest BCUT2D eigenvalue weighted by Gasteiger charge is -2.38. The average Bonchev–Trinajstić information content (AvgIpc) is 2.78. The lowest BCUT2D eigenvalue weighted by molar-refractivity contribution is -0.147. The molecule has 2 aromatic carbocycles.